The number of hydrogen-bond acceptors (Lipinski definition) is 5. The van der Waals surface area contributed by atoms with E-state index in [1.54, 1.807) is 0 Å². The molecule has 0 atom stereocenters. The number of aromatic nitrogens is 2. The van der Waals surface area contributed by atoms with Gasteiger partial charge in [-0.15, -0.1) is 0 Å². The molecule has 0 fully saturated rings. The molecule has 0 aromatic carbocycles. The molecule has 2 N–H and O–H groups in total. The van der Waals surface area contributed by atoms with Crippen molar-refractivity contribution >= 4 is 11.8 Å². The Bertz CT molecular complexity index is 330. The second-order valence-electron chi connectivity index (χ2n) is 3.86. The minimum atomic E-state index is 0.638. The lowest BCUT2D eigenvalue weighted by Crippen LogP contribution is -2.12. The lowest BCUT2D eigenvalue weighted by molar-refractivity contribution is 0.141. The number of ether oxygens (including phenoxy) is 1. The number of anilines is 2. The summed E-state index contributed by atoms with van der Waals surface area (Å²) in [6.45, 7) is 6.42. The predicted octanol–water partition coefficient (Wildman–Crippen LogP) is 2.06. The van der Waals surface area contributed by atoms with Crippen LogP contribution in [-0.2, 0) is 4.74 Å². The maximum absolute atomic E-state index is 5.46. The van der Waals surface area contributed by atoms with Crippen molar-refractivity contribution in [3.05, 3.63) is 11.8 Å². The molecule has 1 rings (SSSR count). The summed E-state index contributed by atoms with van der Waals surface area (Å²) in [4.78, 5) is 8.52. The number of nitrogens with zero attached hydrogens (tertiary/aromatic N) is 2. The van der Waals surface area contributed by atoms with Crippen molar-refractivity contribution in [3.63, 3.8) is 0 Å². The molecule has 0 aliphatic heterocycles. The Morgan fingerprint density at radius 1 is 1.29 bits per heavy atom. The van der Waals surface area contributed by atoms with Crippen LogP contribution < -0.4 is 10.6 Å². The second-order valence-corrected chi connectivity index (χ2v) is 3.86. The van der Waals surface area contributed by atoms with E-state index in [0.29, 0.717) is 12.6 Å². The van der Waals surface area contributed by atoms with Gasteiger partial charge in [0.05, 0.1) is 6.61 Å². The van der Waals surface area contributed by atoms with Crippen molar-refractivity contribution in [2.75, 3.05) is 37.4 Å². The standard InChI is InChI=1S/C12H22N4O/c1-4-5-7-17-8-6-14-11-9-10(2)15-12(13-3)16-11/h9H,4-8H2,1-3H3,(H2,13,14,15,16). The fraction of sp³-hybridized carbons (Fsp3) is 0.667. The fourth-order valence-corrected chi connectivity index (χ4v) is 1.37. The average molecular weight is 238 g/mol. The van der Waals surface area contributed by atoms with Crippen LogP contribution >= 0.6 is 0 Å². The molecule has 0 aliphatic carbocycles. The van der Waals surface area contributed by atoms with E-state index in [2.05, 4.69) is 27.5 Å². The molecule has 0 saturated carbocycles. The zero-order valence-electron chi connectivity index (χ0n) is 10.9. The first-order valence-corrected chi connectivity index (χ1v) is 6.11. The van der Waals surface area contributed by atoms with Crippen molar-refractivity contribution in [1.82, 2.24) is 9.97 Å². The zero-order valence-corrected chi connectivity index (χ0v) is 10.9. The molecule has 0 radical (unpaired) electrons. The van der Waals surface area contributed by atoms with Crippen LogP contribution in [0.1, 0.15) is 25.5 Å². The molecule has 0 saturated heterocycles. The summed E-state index contributed by atoms with van der Waals surface area (Å²) in [6, 6.07) is 1.92. The highest BCUT2D eigenvalue weighted by atomic mass is 16.5. The van der Waals surface area contributed by atoms with Gasteiger partial charge in [0.1, 0.15) is 5.82 Å². The van der Waals surface area contributed by atoms with Crippen LogP contribution in [0.25, 0.3) is 0 Å². The van der Waals surface area contributed by atoms with Gasteiger partial charge in [0.2, 0.25) is 5.95 Å². The third kappa shape index (κ3) is 5.49. The highest BCUT2D eigenvalue weighted by Crippen LogP contribution is 2.08. The van der Waals surface area contributed by atoms with Crippen LogP contribution in [0.3, 0.4) is 0 Å². The Morgan fingerprint density at radius 3 is 2.82 bits per heavy atom. The summed E-state index contributed by atoms with van der Waals surface area (Å²) in [5.74, 6) is 1.47. The van der Waals surface area contributed by atoms with E-state index in [4.69, 9.17) is 4.74 Å². The molecule has 1 aromatic rings. The molecule has 5 heteroatoms. The Labute approximate surface area is 103 Å². The average Bonchev–Trinajstić information content (AvgIpc) is 2.33. The molecular weight excluding hydrogens is 216 g/mol. The van der Waals surface area contributed by atoms with Gasteiger partial charge in [0.25, 0.3) is 0 Å². The largest absolute Gasteiger partial charge is 0.380 e. The van der Waals surface area contributed by atoms with Gasteiger partial charge in [-0.1, -0.05) is 13.3 Å². The van der Waals surface area contributed by atoms with E-state index < -0.39 is 0 Å². The second kappa shape index (κ2) is 7.84. The SMILES string of the molecule is CCCCOCCNc1cc(C)nc(NC)n1. The molecule has 0 spiro atoms. The predicted molar refractivity (Wildman–Crippen MR) is 70.5 cm³/mol. The van der Waals surface area contributed by atoms with Gasteiger partial charge >= 0.3 is 0 Å². The number of nitrogens with one attached hydrogen (secondary N) is 2. The van der Waals surface area contributed by atoms with Crippen LogP contribution in [0.4, 0.5) is 11.8 Å². The Hall–Kier alpha value is -1.36. The first kappa shape index (κ1) is 13.7. The molecular formula is C12H22N4O. The van der Waals surface area contributed by atoms with E-state index >= 15 is 0 Å². The lowest BCUT2D eigenvalue weighted by atomic mass is 10.4. The minimum absolute atomic E-state index is 0.638. The van der Waals surface area contributed by atoms with E-state index in [-0.39, 0.29) is 0 Å². The number of aryl methyl sites for hydroxylation is 1. The van der Waals surface area contributed by atoms with Crippen molar-refractivity contribution in [2.45, 2.75) is 26.7 Å². The number of rotatable bonds is 8. The van der Waals surface area contributed by atoms with E-state index in [0.717, 1.165) is 31.1 Å². The van der Waals surface area contributed by atoms with Gasteiger partial charge in [0, 0.05) is 32.0 Å². The van der Waals surface area contributed by atoms with Gasteiger partial charge in [0.15, 0.2) is 0 Å². The van der Waals surface area contributed by atoms with Gasteiger partial charge in [-0.25, -0.2) is 4.98 Å². The molecule has 0 bridgehead atoms. The fourth-order valence-electron chi connectivity index (χ4n) is 1.37. The summed E-state index contributed by atoms with van der Waals surface area (Å²) < 4.78 is 5.46. The van der Waals surface area contributed by atoms with E-state index in [1.807, 2.05) is 20.0 Å². The summed E-state index contributed by atoms with van der Waals surface area (Å²) in [6.07, 6.45) is 2.29. The van der Waals surface area contributed by atoms with Gasteiger partial charge in [-0.05, 0) is 13.3 Å². The van der Waals surface area contributed by atoms with Crippen molar-refractivity contribution < 1.29 is 4.74 Å². The monoisotopic (exact) mass is 238 g/mol. The van der Waals surface area contributed by atoms with E-state index in [9.17, 15) is 0 Å². The summed E-state index contributed by atoms with van der Waals surface area (Å²) >= 11 is 0. The summed E-state index contributed by atoms with van der Waals surface area (Å²) in [5, 5.41) is 6.15. The van der Waals surface area contributed by atoms with E-state index in [1.165, 1.54) is 6.42 Å². The van der Waals surface area contributed by atoms with Crippen LogP contribution in [-0.4, -0.2) is 36.8 Å². The van der Waals surface area contributed by atoms with Crippen molar-refractivity contribution in [3.8, 4) is 0 Å². The van der Waals surface area contributed by atoms with Crippen LogP contribution in [0, 0.1) is 6.92 Å². The van der Waals surface area contributed by atoms with Crippen LogP contribution in [0.15, 0.2) is 6.07 Å². The van der Waals surface area contributed by atoms with Crippen LogP contribution in [0.2, 0.25) is 0 Å². The highest BCUT2D eigenvalue weighted by molar-refractivity contribution is 5.41. The highest BCUT2D eigenvalue weighted by Gasteiger charge is 1.99. The third-order valence-corrected chi connectivity index (χ3v) is 2.27. The maximum atomic E-state index is 5.46. The smallest absolute Gasteiger partial charge is 0.224 e. The Balaban J connectivity index is 2.28. The molecule has 0 aliphatic rings. The van der Waals surface area contributed by atoms with Crippen LogP contribution in [0.5, 0.6) is 0 Å². The molecule has 5 nitrogen and oxygen atoms in total. The maximum Gasteiger partial charge on any atom is 0.224 e. The third-order valence-electron chi connectivity index (χ3n) is 2.27. The minimum Gasteiger partial charge on any atom is -0.380 e. The first-order valence-electron chi connectivity index (χ1n) is 6.11. The molecule has 1 heterocycles. The first-order chi connectivity index (χ1) is 8.26. The quantitative estimate of drug-likeness (QED) is 0.679. The summed E-state index contributed by atoms with van der Waals surface area (Å²) in [5.41, 5.74) is 0.943. The molecule has 0 amide bonds. The number of hydrogen-bond donors (Lipinski definition) is 2. The van der Waals surface area contributed by atoms with Gasteiger partial charge in [-0.2, -0.15) is 4.98 Å². The molecule has 96 valence electrons. The van der Waals surface area contributed by atoms with Gasteiger partial charge in [-0.3, -0.25) is 0 Å². The molecule has 1 aromatic heterocycles. The van der Waals surface area contributed by atoms with Crippen molar-refractivity contribution in [1.29, 1.82) is 0 Å². The summed E-state index contributed by atoms with van der Waals surface area (Å²) in [7, 11) is 1.81. The Kier molecular flexibility index (Phi) is 6.32. The molecule has 17 heavy (non-hydrogen) atoms. The molecule has 0 unspecified atom stereocenters. The van der Waals surface area contributed by atoms with Gasteiger partial charge < -0.3 is 15.4 Å². The normalized spacial score (nSPS) is 10.3. The Morgan fingerprint density at radius 2 is 2.12 bits per heavy atom. The van der Waals surface area contributed by atoms with Crippen molar-refractivity contribution in [2.24, 2.45) is 0 Å². The number of unbranched alkanes of at least 4 members (excludes halogenated alkanes) is 1. The zero-order chi connectivity index (χ0) is 12.5. The topological polar surface area (TPSA) is 59.1 Å². The lowest BCUT2D eigenvalue weighted by Gasteiger charge is -2.08.